The van der Waals surface area contributed by atoms with Gasteiger partial charge in [0.25, 0.3) is 0 Å². The fourth-order valence-electron chi connectivity index (χ4n) is 4.43. The zero-order valence-corrected chi connectivity index (χ0v) is 21.2. The number of carbonyl (C=O) groups excluding carboxylic acids is 1. The van der Waals surface area contributed by atoms with E-state index in [0.29, 0.717) is 18.1 Å². The van der Waals surface area contributed by atoms with Crippen LogP contribution < -0.4 is 10.6 Å². The number of nitrogens with one attached hydrogen (secondary N) is 2. The minimum atomic E-state index is -0.151. The van der Waals surface area contributed by atoms with Crippen LogP contribution in [0.4, 0.5) is 5.69 Å². The Morgan fingerprint density at radius 2 is 1.86 bits per heavy atom. The third kappa shape index (κ3) is 5.13. The van der Waals surface area contributed by atoms with Gasteiger partial charge in [-0.1, -0.05) is 46.3 Å². The zero-order chi connectivity index (χ0) is 24.2. The molecule has 2 N–H and O–H groups in total. The number of hydrogen-bond acceptors (Lipinski definition) is 3. The highest BCUT2D eigenvalue weighted by molar-refractivity contribution is 9.10. The van der Waals surface area contributed by atoms with Crippen molar-refractivity contribution in [3.8, 4) is 5.69 Å². The minimum absolute atomic E-state index is 0.0543. The largest absolute Gasteiger partial charge is 0.352 e. The smallest absolute Gasteiger partial charge is 0.226 e. The van der Waals surface area contributed by atoms with Gasteiger partial charge in [-0.05, 0) is 66.8 Å². The summed E-state index contributed by atoms with van der Waals surface area (Å²) in [6, 6.07) is 27.4. The number of thiocarbonyl (C=S) groups is 1. The number of amides is 1. The molecule has 176 valence electrons. The van der Waals surface area contributed by atoms with E-state index in [1.807, 2.05) is 72.9 Å². The molecular formula is C27H24BrN5OS. The quantitative estimate of drug-likeness (QED) is 0.294. The Morgan fingerprint density at radius 3 is 2.63 bits per heavy atom. The summed E-state index contributed by atoms with van der Waals surface area (Å²) >= 11 is 9.35. The number of rotatable bonds is 7. The molecule has 1 aliphatic rings. The van der Waals surface area contributed by atoms with Gasteiger partial charge in [-0.2, -0.15) is 0 Å². The van der Waals surface area contributed by atoms with E-state index in [0.717, 1.165) is 27.2 Å². The van der Waals surface area contributed by atoms with Crippen molar-refractivity contribution in [3.05, 3.63) is 113 Å². The summed E-state index contributed by atoms with van der Waals surface area (Å²) in [6.07, 6.45) is 4.15. The molecule has 5 rings (SSSR count). The summed E-state index contributed by atoms with van der Waals surface area (Å²) < 4.78 is 3.17. The first-order chi connectivity index (χ1) is 17.1. The molecule has 2 atom stereocenters. The van der Waals surface area contributed by atoms with Crippen molar-refractivity contribution in [2.24, 2.45) is 0 Å². The first-order valence-corrected chi connectivity index (χ1v) is 12.6. The third-order valence-electron chi connectivity index (χ3n) is 6.00. The average molecular weight is 546 g/mol. The van der Waals surface area contributed by atoms with E-state index >= 15 is 0 Å². The molecule has 2 aromatic heterocycles. The topological polar surface area (TPSA) is 62.2 Å². The van der Waals surface area contributed by atoms with Gasteiger partial charge in [0.15, 0.2) is 5.11 Å². The second-order valence-electron chi connectivity index (χ2n) is 8.27. The molecule has 8 heteroatoms. The lowest BCUT2D eigenvalue weighted by molar-refractivity contribution is -0.116. The molecule has 0 saturated carbocycles. The summed E-state index contributed by atoms with van der Waals surface area (Å²) in [5, 5.41) is 7.04. The Balaban J connectivity index is 1.45. The standard InChI is InChI=1S/C27H24BrN5OS/c28-19-8-6-11-21(18-19)32-16-7-13-23(32)26-25(22-12-4-5-15-29-22)31-27(35)33(26)17-14-24(34)30-20-9-2-1-3-10-20/h1-13,15-16,18,25-26H,14,17H2,(H,30,34)(H,31,35)/t25-,26+/m0/s1. The monoisotopic (exact) mass is 545 g/mol. The lowest BCUT2D eigenvalue weighted by Crippen LogP contribution is -2.33. The van der Waals surface area contributed by atoms with Gasteiger partial charge in [-0.3, -0.25) is 9.78 Å². The lowest BCUT2D eigenvalue weighted by atomic mass is 10.0. The average Bonchev–Trinajstić information content (AvgIpc) is 3.48. The molecule has 35 heavy (non-hydrogen) atoms. The normalized spacial score (nSPS) is 17.3. The van der Waals surface area contributed by atoms with E-state index in [1.54, 1.807) is 6.20 Å². The van der Waals surface area contributed by atoms with Crippen LogP contribution in [0.2, 0.25) is 0 Å². The van der Waals surface area contributed by atoms with Crippen LogP contribution in [0, 0.1) is 0 Å². The van der Waals surface area contributed by atoms with Crippen LogP contribution >= 0.6 is 28.1 Å². The number of carbonyl (C=O) groups is 1. The van der Waals surface area contributed by atoms with Gasteiger partial charge in [-0.25, -0.2) is 0 Å². The Morgan fingerprint density at radius 1 is 1.03 bits per heavy atom. The maximum absolute atomic E-state index is 12.7. The summed E-state index contributed by atoms with van der Waals surface area (Å²) in [7, 11) is 0. The molecule has 3 heterocycles. The minimum Gasteiger partial charge on any atom is -0.352 e. The molecule has 0 spiro atoms. The van der Waals surface area contributed by atoms with Crippen LogP contribution in [0.1, 0.15) is 29.9 Å². The number of nitrogens with zero attached hydrogens (tertiary/aromatic N) is 3. The molecule has 1 saturated heterocycles. The van der Waals surface area contributed by atoms with Crippen molar-refractivity contribution >= 4 is 44.9 Å². The van der Waals surface area contributed by atoms with Crippen molar-refractivity contribution in [1.29, 1.82) is 0 Å². The predicted molar refractivity (Wildman–Crippen MR) is 145 cm³/mol. The first-order valence-electron chi connectivity index (χ1n) is 11.4. The van der Waals surface area contributed by atoms with E-state index in [1.165, 1.54) is 0 Å². The van der Waals surface area contributed by atoms with E-state index in [-0.39, 0.29) is 18.0 Å². The maximum atomic E-state index is 12.7. The molecule has 1 amide bonds. The number of benzene rings is 2. The van der Waals surface area contributed by atoms with Crippen molar-refractivity contribution in [2.45, 2.75) is 18.5 Å². The highest BCUT2D eigenvalue weighted by Crippen LogP contribution is 2.39. The molecule has 1 aliphatic heterocycles. The lowest BCUT2D eigenvalue weighted by Gasteiger charge is -2.29. The number of para-hydroxylation sites is 1. The highest BCUT2D eigenvalue weighted by Gasteiger charge is 2.41. The van der Waals surface area contributed by atoms with Crippen molar-refractivity contribution < 1.29 is 4.79 Å². The Labute approximate surface area is 218 Å². The first kappa shape index (κ1) is 23.3. The Kier molecular flexibility index (Phi) is 6.92. The molecule has 0 radical (unpaired) electrons. The maximum Gasteiger partial charge on any atom is 0.226 e. The highest BCUT2D eigenvalue weighted by atomic mass is 79.9. The third-order valence-corrected chi connectivity index (χ3v) is 6.85. The molecule has 0 bridgehead atoms. The van der Waals surface area contributed by atoms with Gasteiger partial charge in [0.1, 0.15) is 0 Å². The number of anilines is 1. The number of halogens is 1. The van der Waals surface area contributed by atoms with Gasteiger partial charge in [-0.15, -0.1) is 0 Å². The zero-order valence-electron chi connectivity index (χ0n) is 18.8. The van der Waals surface area contributed by atoms with Crippen LogP contribution in [0.15, 0.2) is 102 Å². The number of aromatic nitrogens is 2. The second-order valence-corrected chi connectivity index (χ2v) is 9.57. The summed E-state index contributed by atoms with van der Waals surface area (Å²) in [6.45, 7) is 0.474. The van der Waals surface area contributed by atoms with Crippen LogP contribution in [-0.4, -0.2) is 32.0 Å². The number of pyridine rings is 1. The molecule has 1 fully saturated rings. The summed E-state index contributed by atoms with van der Waals surface area (Å²) in [4.78, 5) is 19.4. The van der Waals surface area contributed by atoms with Gasteiger partial charge in [0, 0.05) is 46.9 Å². The molecule has 4 aromatic rings. The molecule has 0 unspecified atom stereocenters. The SMILES string of the molecule is O=C(CCN1C(=S)N[C@@H](c2ccccn2)[C@H]1c1cccn1-c1cccc(Br)c1)Nc1ccccc1. The summed E-state index contributed by atoms with van der Waals surface area (Å²) in [5.41, 5.74) is 3.79. The van der Waals surface area contributed by atoms with Gasteiger partial charge >= 0.3 is 0 Å². The van der Waals surface area contributed by atoms with Crippen molar-refractivity contribution in [1.82, 2.24) is 19.8 Å². The molecule has 6 nitrogen and oxygen atoms in total. The fraction of sp³-hybridized carbons (Fsp3) is 0.148. The van der Waals surface area contributed by atoms with Gasteiger partial charge in [0.2, 0.25) is 5.91 Å². The van der Waals surface area contributed by atoms with E-state index in [2.05, 4.69) is 59.2 Å². The molecular weight excluding hydrogens is 522 g/mol. The fourth-order valence-corrected chi connectivity index (χ4v) is 5.15. The van der Waals surface area contributed by atoms with Gasteiger partial charge in [0.05, 0.1) is 17.8 Å². The molecule has 2 aromatic carbocycles. The Bertz CT molecular complexity index is 1330. The van der Waals surface area contributed by atoms with Crippen LogP contribution in [0.3, 0.4) is 0 Å². The molecule has 0 aliphatic carbocycles. The second kappa shape index (κ2) is 10.4. The van der Waals surface area contributed by atoms with Crippen molar-refractivity contribution in [2.75, 3.05) is 11.9 Å². The van der Waals surface area contributed by atoms with E-state index in [9.17, 15) is 4.79 Å². The van der Waals surface area contributed by atoms with Crippen LogP contribution in [-0.2, 0) is 4.79 Å². The number of hydrogen-bond donors (Lipinski definition) is 2. The summed E-state index contributed by atoms with van der Waals surface area (Å²) in [5.74, 6) is -0.0543. The van der Waals surface area contributed by atoms with Crippen LogP contribution in [0.5, 0.6) is 0 Å². The van der Waals surface area contributed by atoms with E-state index < -0.39 is 0 Å². The Hall–Kier alpha value is -3.49. The van der Waals surface area contributed by atoms with E-state index in [4.69, 9.17) is 12.2 Å². The van der Waals surface area contributed by atoms with Crippen molar-refractivity contribution in [3.63, 3.8) is 0 Å². The van der Waals surface area contributed by atoms with Gasteiger partial charge < -0.3 is 20.1 Å². The predicted octanol–water partition coefficient (Wildman–Crippen LogP) is 5.64. The van der Waals surface area contributed by atoms with Crippen LogP contribution in [0.25, 0.3) is 5.69 Å².